The van der Waals surface area contributed by atoms with E-state index >= 15 is 0 Å². The minimum absolute atomic E-state index is 0. The summed E-state index contributed by atoms with van der Waals surface area (Å²) in [5.41, 5.74) is 7.92. The number of fused-ring (bicyclic) bond motifs is 1. The van der Waals surface area contributed by atoms with Crippen LogP contribution < -0.4 is 0 Å². The Bertz CT molecular complexity index is 500. The van der Waals surface area contributed by atoms with Gasteiger partial charge in [0.05, 0.1) is 0 Å². The molecule has 0 amide bonds. The van der Waals surface area contributed by atoms with Gasteiger partial charge in [-0.15, -0.1) is 35.2 Å². The quantitative estimate of drug-likeness (QED) is 0.290. The summed E-state index contributed by atoms with van der Waals surface area (Å²) in [7, 11) is 0. The zero-order chi connectivity index (χ0) is 15.6. The third-order valence-corrected chi connectivity index (χ3v) is 2.32. The van der Waals surface area contributed by atoms with Gasteiger partial charge in [-0.3, -0.25) is 0 Å². The second kappa shape index (κ2) is 18.5. The van der Waals surface area contributed by atoms with Crippen molar-refractivity contribution in [3.05, 3.63) is 87.4 Å². The SMILES string of the molecule is C=CC(C)=CC.CC(C)(C)[NH-].[CH3-].[CH3-].[Si].[Ti+4].c1ccc2[cH-]ccc2c1. The first-order valence-corrected chi connectivity index (χ1v) is 6.88. The fraction of sp³-hybridized carbons (Fsp3) is 0.286. The molecule has 0 saturated carbocycles. The molecule has 0 fully saturated rings. The van der Waals surface area contributed by atoms with E-state index in [2.05, 4.69) is 49.0 Å². The first-order chi connectivity index (χ1) is 9.27. The number of benzene rings is 1. The van der Waals surface area contributed by atoms with Gasteiger partial charge in [0, 0.05) is 11.0 Å². The summed E-state index contributed by atoms with van der Waals surface area (Å²) in [5.74, 6) is 0. The molecule has 0 spiro atoms. The molecular formula is C21H33NSiTi. The van der Waals surface area contributed by atoms with Crippen LogP contribution >= 0.6 is 0 Å². The standard InChI is InChI=1S/C9H7.C6H10.C4H10N.2CH3.Si.Ti/c1-2-5-9-7-3-6-8(9)4-1;1-4-6(3)5-2;1-4(2,3)5;;;;/h1-7H;4-5H,1H2,2-3H3;5H,1-3H3;2*1H3;;/q-1;;3*-1;;+4. The van der Waals surface area contributed by atoms with E-state index < -0.39 is 0 Å². The van der Waals surface area contributed by atoms with Crippen LogP contribution in [-0.2, 0) is 21.7 Å². The summed E-state index contributed by atoms with van der Waals surface area (Å²) in [6, 6.07) is 14.7. The summed E-state index contributed by atoms with van der Waals surface area (Å²) < 4.78 is 0. The number of allylic oxidation sites excluding steroid dienone is 3. The summed E-state index contributed by atoms with van der Waals surface area (Å²) in [6.07, 6.45) is 3.85. The van der Waals surface area contributed by atoms with Crippen molar-refractivity contribution in [3.63, 3.8) is 0 Å². The van der Waals surface area contributed by atoms with Crippen molar-refractivity contribution in [1.29, 1.82) is 0 Å². The number of hydrogen-bond acceptors (Lipinski definition) is 0. The average molecular weight is 375 g/mol. The predicted octanol–water partition coefficient (Wildman–Crippen LogP) is 7.05. The molecule has 2 rings (SSSR count). The van der Waals surface area contributed by atoms with Crippen molar-refractivity contribution >= 4 is 21.7 Å². The normalized spacial score (nSPS) is 9.17. The number of nitrogens with one attached hydrogen (secondary N) is 1. The van der Waals surface area contributed by atoms with E-state index in [1.165, 1.54) is 16.3 Å². The summed E-state index contributed by atoms with van der Waals surface area (Å²) in [6.45, 7) is 13.1. The monoisotopic (exact) mass is 375 g/mol. The van der Waals surface area contributed by atoms with Crippen LogP contribution in [0.4, 0.5) is 0 Å². The summed E-state index contributed by atoms with van der Waals surface area (Å²) in [5, 5.41) is 2.66. The van der Waals surface area contributed by atoms with E-state index in [0.717, 1.165) is 0 Å². The second-order valence-electron chi connectivity index (χ2n) is 5.64. The first-order valence-electron chi connectivity index (χ1n) is 6.88. The van der Waals surface area contributed by atoms with Crippen molar-refractivity contribution in [3.8, 4) is 0 Å². The Balaban J connectivity index is -0.0000000731. The van der Waals surface area contributed by atoms with Crippen LogP contribution in [0, 0.1) is 14.9 Å². The maximum absolute atomic E-state index is 6.94. The van der Waals surface area contributed by atoms with Crippen molar-refractivity contribution < 1.29 is 21.7 Å². The van der Waals surface area contributed by atoms with E-state index in [4.69, 9.17) is 5.73 Å². The van der Waals surface area contributed by atoms with Gasteiger partial charge in [-0.05, 0) is 13.8 Å². The number of hydrogen-bond donors (Lipinski definition) is 0. The van der Waals surface area contributed by atoms with Crippen LogP contribution in [-0.4, -0.2) is 16.5 Å². The Morgan fingerprint density at radius 2 is 1.58 bits per heavy atom. The van der Waals surface area contributed by atoms with Crippen LogP contribution in [0.1, 0.15) is 34.6 Å². The van der Waals surface area contributed by atoms with Crippen LogP contribution in [0.2, 0.25) is 0 Å². The van der Waals surface area contributed by atoms with E-state index in [1.807, 2.05) is 46.8 Å². The van der Waals surface area contributed by atoms with Crippen molar-refractivity contribution in [2.75, 3.05) is 0 Å². The van der Waals surface area contributed by atoms with Gasteiger partial charge < -0.3 is 20.6 Å². The molecule has 0 bridgehead atoms. The first kappa shape index (κ1) is 34.5. The molecule has 2 aromatic carbocycles. The third kappa shape index (κ3) is 21.2. The van der Waals surface area contributed by atoms with E-state index in [1.54, 1.807) is 0 Å². The van der Waals surface area contributed by atoms with Gasteiger partial charge in [-0.2, -0.15) is 17.5 Å². The molecule has 0 aliphatic carbocycles. The maximum atomic E-state index is 6.94. The Morgan fingerprint density at radius 1 is 1.12 bits per heavy atom. The Morgan fingerprint density at radius 3 is 1.92 bits per heavy atom. The van der Waals surface area contributed by atoms with E-state index in [0.29, 0.717) is 0 Å². The molecule has 0 aliphatic heterocycles. The van der Waals surface area contributed by atoms with Crippen LogP contribution in [0.3, 0.4) is 0 Å². The largest absolute Gasteiger partial charge is 4.00 e. The third-order valence-electron chi connectivity index (χ3n) is 2.32. The molecule has 1 nitrogen and oxygen atoms in total. The fourth-order valence-electron chi connectivity index (χ4n) is 1.19. The molecule has 3 heteroatoms. The predicted molar refractivity (Wildman–Crippen MR) is 112 cm³/mol. The molecule has 24 heavy (non-hydrogen) atoms. The van der Waals surface area contributed by atoms with E-state index in [9.17, 15) is 0 Å². The molecule has 0 heterocycles. The molecule has 0 saturated heterocycles. The smallest absolute Gasteiger partial charge is 0.673 e. The minimum atomic E-state index is -0.250. The molecule has 1 N–H and O–H groups in total. The van der Waals surface area contributed by atoms with Gasteiger partial charge in [0.1, 0.15) is 0 Å². The Labute approximate surface area is 170 Å². The molecule has 0 unspecified atom stereocenters. The topological polar surface area (TPSA) is 23.8 Å². The van der Waals surface area contributed by atoms with Crippen LogP contribution in [0.15, 0.2) is 66.8 Å². The van der Waals surface area contributed by atoms with Gasteiger partial charge >= 0.3 is 21.7 Å². The van der Waals surface area contributed by atoms with Gasteiger partial charge in [-0.1, -0.05) is 51.1 Å². The van der Waals surface area contributed by atoms with Gasteiger partial charge in [0.25, 0.3) is 0 Å². The van der Waals surface area contributed by atoms with Crippen LogP contribution in [0.5, 0.6) is 0 Å². The van der Waals surface area contributed by atoms with Gasteiger partial charge in [-0.25, -0.2) is 0 Å². The van der Waals surface area contributed by atoms with Crippen molar-refractivity contribution in [2.24, 2.45) is 0 Å². The summed E-state index contributed by atoms with van der Waals surface area (Å²) >= 11 is 0. The van der Waals surface area contributed by atoms with E-state index in [-0.39, 0.29) is 53.1 Å². The summed E-state index contributed by atoms with van der Waals surface area (Å²) in [4.78, 5) is 0. The zero-order valence-corrected chi connectivity index (χ0v) is 19.0. The minimum Gasteiger partial charge on any atom is -0.673 e. The maximum Gasteiger partial charge on any atom is 4.00 e. The molecular weight excluding hydrogens is 342 g/mol. The fourth-order valence-corrected chi connectivity index (χ4v) is 1.19. The molecule has 0 atom stereocenters. The zero-order valence-electron chi connectivity index (χ0n) is 16.4. The average Bonchev–Trinajstić information content (AvgIpc) is 2.84. The van der Waals surface area contributed by atoms with Gasteiger partial charge in [0.15, 0.2) is 0 Å². The van der Waals surface area contributed by atoms with Crippen LogP contribution in [0.25, 0.3) is 16.5 Å². The number of rotatable bonds is 1. The molecule has 0 aromatic heterocycles. The second-order valence-corrected chi connectivity index (χ2v) is 5.64. The molecule has 130 valence electrons. The molecule has 4 radical (unpaired) electrons. The van der Waals surface area contributed by atoms with Crippen molar-refractivity contribution in [1.82, 2.24) is 0 Å². The Hall–Kier alpha value is -0.799. The Kier molecular flexibility index (Phi) is 26.7. The van der Waals surface area contributed by atoms with Crippen molar-refractivity contribution in [2.45, 2.75) is 40.2 Å². The van der Waals surface area contributed by atoms with Gasteiger partial charge in [0.2, 0.25) is 0 Å². The molecule has 0 aliphatic rings. The molecule has 2 aromatic rings.